The zero-order chi connectivity index (χ0) is 12.7. The highest BCUT2D eigenvalue weighted by Gasteiger charge is 2.07. The summed E-state index contributed by atoms with van der Waals surface area (Å²) in [6.45, 7) is 2.37. The summed E-state index contributed by atoms with van der Waals surface area (Å²) < 4.78 is 13.5. The Balaban J connectivity index is 2.53. The van der Waals surface area contributed by atoms with Crippen molar-refractivity contribution in [3.05, 3.63) is 29.6 Å². The predicted molar refractivity (Wildman–Crippen MR) is 67.1 cm³/mol. The van der Waals surface area contributed by atoms with Crippen molar-refractivity contribution in [1.82, 2.24) is 0 Å². The van der Waals surface area contributed by atoms with Crippen LogP contribution in [0.15, 0.2) is 18.2 Å². The van der Waals surface area contributed by atoms with Crippen LogP contribution in [0.2, 0.25) is 0 Å². The molecule has 0 saturated heterocycles. The van der Waals surface area contributed by atoms with E-state index >= 15 is 0 Å². The van der Waals surface area contributed by atoms with E-state index in [1.807, 2.05) is 0 Å². The second-order valence-electron chi connectivity index (χ2n) is 4.02. The standard InChI is InChI=1S/C13H19FN2O/c1-2-3-4-5-13(17)16-12-7-6-10(9-15)8-11(12)14/h6-8H,2-5,9,15H2,1H3,(H,16,17). The second-order valence-corrected chi connectivity index (χ2v) is 4.02. The van der Waals surface area contributed by atoms with Gasteiger partial charge in [0, 0.05) is 13.0 Å². The van der Waals surface area contributed by atoms with Crippen LogP contribution in [-0.2, 0) is 11.3 Å². The van der Waals surface area contributed by atoms with Gasteiger partial charge in [0.25, 0.3) is 0 Å². The van der Waals surface area contributed by atoms with Gasteiger partial charge in [0.1, 0.15) is 5.82 Å². The van der Waals surface area contributed by atoms with Crippen LogP contribution in [0.4, 0.5) is 10.1 Å². The average Bonchev–Trinajstić information content (AvgIpc) is 2.32. The van der Waals surface area contributed by atoms with E-state index in [0.717, 1.165) is 19.3 Å². The van der Waals surface area contributed by atoms with Gasteiger partial charge in [-0.2, -0.15) is 0 Å². The van der Waals surface area contributed by atoms with E-state index in [4.69, 9.17) is 5.73 Å². The summed E-state index contributed by atoms with van der Waals surface area (Å²) in [5, 5.41) is 2.57. The van der Waals surface area contributed by atoms with Crippen molar-refractivity contribution in [1.29, 1.82) is 0 Å². The number of nitrogens with two attached hydrogens (primary N) is 1. The first-order valence-corrected chi connectivity index (χ1v) is 5.95. The molecule has 94 valence electrons. The van der Waals surface area contributed by atoms with Crippen LogP contribution in [0.5, 0.6) is 0 Å². The van der Waals surface area contributed by atoms with Crippen molar-refractivity contribution in [2.24, 2.45) is 5.73 Å². The fourth-order valence-electron chi connectivity index (χ4n) is 1.54. The molecule has 4 heteroatoms. The summed E-state index contributed by atoms with van der Waals surface area (Å²) in [6.07, 6.45) is 3.35. The fraction of sp³-hybridized carbons (Fsp3) is 0.462. The highest BCUT2D eigenvalue weighted by Crippen LogP contribution is 2.16. The Morgan fingerprint density at radius 1 is 1.41 bits per heavy atom. The van der Waals surface area contributed by atoms with E-state index in [-0.39, 0.29) is 11.6 Å². The van der Waals surface area contributed by atoms with Crippen LogP contribution < -0.4 is 11.1 Å². The monoisotopic (exact) mass is 238 g/mol. The lowest BCUT2D eigenvalue weighted by atomic mass is 10.1. The molecule has 0 atom stereocenters. The summed E-state index contributed by atoms with van der Waals surface area (Å²) in [6, 6.07) is 4.61. The van der Waals surface area contributed by atoms with E-state index in [1.165, 1.54) is 6.07 Å². The van der Waals surface area contributed by atoms with Gasteiger partial charge < -0.3 is 11.1 Å². The summed E-state index contributed by atoms with van der Waals surface area (Å²) in [5.74, 6) is -0.574. The van der Waals surface area contributed by atoms with Gasteiger partial charge in [-0.15, -0.1) is 0 Å². The first-order valence-electron chi connectivity index (χ1n) is 5.95. The normalized spacial score (nSPS) is 10.3. The number of amides is 1. The number of hydrogen-bond acceptors (Lipinski definition) is 2. The molecular weight excluding hydrogens is 219 g/mol. The number of anilines is 1. The molecule has 0 aromatic heterocycles. The number of unbranched alkanes of at least 4 members (excludes halogenated alkanes) is 2. The average molecular weight is 238 g/mol. The molecule has 1 aromatic rings. The van der Waals surface area contributed by atoms with E-state index in [9.17, 15) is 9.18 Å². The van der Waals surface area contributed by atoms with Crippen LogP contribution in [0.1, 0.15) is 38.2 Å². The molecular formula is C13H19FN2O. The Hall–Kier alpha value is -1.42. The Morgan fingerprint density at radius 2 is 2.18 bits per heavy atom. The molecule has 0 saturated carbocycles. The summed E-state index contributed by atoms with van der Waals surface area (Å²) in [7, 11) is 0. The van der Waals surface area contributed by atoms with Gasteiger partial charge in [0.2, 0.25) is 5.91 Å². The number of carbonyl (C=O) groups excluding carboxylic acids is 1. The highest BCUT2D eigenvalue weighted by atomic mass is 19.1. The van der Waals surface area contributed by atoms with E-state index in [2.05, 4.69) is 12.2 Å². The third kappa shape index (κ3) is 4.53. The minimum atomic E-state index is -0.434. The highest BCUT2D eigenvalue weighted by molar-refractivity contribution is 5.90. The lowest BCUT2D eigenvalue weighted by Crippen LogP contribution is -2.12. The zero-order valence-corrected chi connectivity index (χ0v) is 10.1. The molecule has 1 amide bonds. The molecule has 3 N–H and O–H groups in total. The van der Waals surface area contributed by atoms with Gasteiger partial charge >= 0.3 is 0 Å². The van der Waals surface area contributed by atoms with Crippen molar-refractivity contribution >= 4 is 11.6 Å². The van der Waals surface area contributed by atoms with Crippen LogP contribution >= 0.6 is 0 Å². The van der Waals surface area contributed by atoms with Gasteiger partial charge in [-0.25, -0.2) is 4.39 Å². The first-order chi connectivity index (χ1) is 8.17. The fourth-order valence-corrected chi connectivity index (χ4v) is 1.54. The maximum Gasteiger partial charge on any atom is 0.224 e. The van der Waals surface area contributed by atoms with Gasteiger partial charge in [-0.1, -0.05) is 25.8 Å². The first kappa shape index (κ1) is 13.6. The van der Waals surface area contributed by atoms with Crippen molar-refractivity contribution in [3.63, 3.8) is 0 Å². The quantitative estimate of drug-likeness (QED) is 0.749. The number of carbonyl (C=O) groups is 1. The number of rotatable bonds is 6. The Morgan fingerprint density at radius 3 is 2.76 bits per heavy atom. The number of halogens is 1. The molecule has 0 bridgehead atoms. The molecule has 0 aliphatic carbocycles. The largest absolute Gasteiger partial charge is 0.326 e. The molecule has 3 nitrogen and oxygen atoms in total. The molecule has 0 spiro atoms. The van der Waals surface area contributed by atoms with Crippen molar-refractivity contribution in [2.75, 3.05) is 5.32 Å². The number of benzene rings is 1. The SMILES string of the molecule is CCCCCC(=O)Nc1ccc(CN)cc1F. The van der Waals surface area contributed by atoms with Crippen LogP contribution in [0.3, 0.4) is 0 Å². The zero-order valence-electron chi connectivity index (χ0n) is 10.1. The van der Waals surface area contributed by atoms with Gasteiger partial charge in [-0.05, 0) is 24.1 Å². The van der Waals surface area contributed by atoms with Crippen molar-refractivity contribution < 1.29 is 9.18 Å². The summed E-state index contributed by atoms with van der Waals surface area (Å²) in [4.78, 5) is 11.5. The van der Waals surface area contributed by atoms with Gasteiger partial charge in [0.15, 0.2) is 0 Å². The van der Waals surface area contributed by atoms with E-state index < -0.39 is 5.82 Å². The van der Waals surface area contributed by atoms with Gasteiger partial charge in [0.05, 0.1) is 5.69 Å². The third-order valence-corrected chi connectivity index (χ3v) is 2.55. The molecule has 1 rings (SSSR count). The molecule has 1 aromatic carbocycles. The lowest BCUT2D eigenvalue weighted by Gasteiger charge is -2.07. The molecule has 0 aliphatic heterocycles. The minimum absolute atomic E-state index is 0.141. The van der Waals surface area contributed by atoms with Crippen LogP contribution in [0, 0.1) is 5.82 Å². The minimum Gasteiger partial charge on any atom is -0.326 e. The molecule has 0 radical (unpaired) electrons. The number of nitrogens with one attached hydrogen (secondary N) is 1. The molecule has 0 fully saturated rings. The van der Waals surface area contributed by atoms with Crippen molar-refractivity contribution in [2.45, 2.75) is 39.2 Å². The predicted octanol–water partition coefficient (Wildman–Crippen LogP) is 2.80. The van der Waals surface area contributed by atoms with E-state index in [0.29, 0.717) is 18.5 Å². The maximum absolute atomic E-state index is 13.5. The molecule has 0 unspecified atom stereocenters. The molecule has 17 heavy (non-hydrogen) atoms. The molecule has 0 aliphatic rings. The third-order valence-electron chi connectivity index (χ3n) is 2.55. The van der Waals surface area contributed by atoms with E-state index in [1.54, 1.807) is 12.1 Å². The maximum atomic E-state index is 13.5. The Bertz CT molecular complexity index is 380. The smallest absolute Gasteiger partial charge is 0.224 e. The van der Waals surface area contributed by atoms with Gasteiger partial charge in [-0.3, -0.25) is 4.79 Å². The number of hydrogen-bond donors (Lipinski definition) is 2. The van der Waals surface area contributed by atoms with Crippen LogP contribution in [-0.4, -0.2) is 5.91 Å². The Kier molecular flexibility index (Phi) is 5.63. The topological polar surface area (TPSA) is 55.1 Å². The molecule has 0 heterocycles. The second kappa shape index (κ2) is 7.01. The summed E-state index contributed by atoms with van der Waals surface area (Å²) >= 11 is 0. The Labute approximate surface area is 101 Å². The van der Waals surface area contributed by atoms with Crippen molar-refractivity contribution in [3.8, 4) is 0 Å². The lowest BCUT2D eigenvalue weighted by molar-refractivity contribution is -0.116. The van der Waals surface area contributed by atoms with Crippen LogP contribution in [0.25, 0.3) is 0 Å². The summed E-state index contributed by atoms with van der Waals surface area (Å²) in [5.41, 5.74) is 6.34.